The monoisotopic (exact) mass is 344 g/mol. The van der Waals surface area contributed by atoms with Gasteiger partial charge in [0.25, 0.3) is 5.91 Å². The molecule has 112 valence electrons. The van der Waals surface area contributed by atoms with Gasteiger partial charge < -0.3 is 10.0 Å². The fourth-order valence-corrected chi connectivity index (χ4v) is 3.90. The minimum atomic E-state index is -1.03. The zero-order valence-electron chi connectivity index (χ0n) is 11.4. The van der Waals surface area contributed by atoms with Crippen LogP contribution in [-0.4, -0.2) is 40.0 Å². The van der Waals surface area contributed by atoms with Gasteiger partial charge in [0.05, 0.1) is 14.9 Å². The van der Waals surface area contributed by atoms with Crippen LogP contribution in [-0.2, 0) is 4.79 Å². The van der Waals surface area contributed by atoms with Crippen molar-refractivity contribution in [1.82, 2.24) is 9.88 Å². The maximum Gasteiger partial charge on any atom is 0.323 e. The van der Waals surface area contributed by atoms with Crippen LogP contribution in [0.1, 0.15) is 22.3 Å². The summed E-state index contributed by atoms with van der Waals surface area (Å²) >= 11 is 8.56. The van der Waals surface area contributed by atoms with Crippen molar-refractivity contribution in [2.24, 2.45) is 0 Å². The number of hydrogen-bond acceptors (Lipinski definition) is 5. The Balaban J connectivity index is 2.30. The highest BCUT2D eigenvalue weighted by molar-refractivity contribution is 7.24. The molecular formula is C13H13ClN2O3S2. The van der Waals surface area contributed by atoms with Crippen molar-refractivity contribution in [3.05, 3.63) is 27.0 Å². The highest BCUT2D eigenvalue weighted by Crippen LogP contribution is 2.35. The summed E-state index contributed by atoms with van der Waals surface area (Å²) in [6, 6.07) is 3.64. The summed E-state index contributed by atoms with van der Waals surface area (Å²) in [4.78, 5) is 30.2. The van der Waals surface area contributed by atoms with E-state index >= 15 is 0 Å². The van der Waals surface area contributed by atoms with Gasteiger partial charge >= 0.3 is 5.97 Å². The number of rotatable bonds is 5. The first-order valence-corrected chi connectivity index (χ1v) is 8.17. The molecule has 0 radical (unpaired) electrons. The minimum Gasteiger partial charge on any atom is -0.480 e. The number of carboxylic acid groups (broad SMARTS) is 1. The van der Waals surface area contributed by atoms with Gasteiger partial charge in [-0.1, -0.05) is 11.6 Å². The van der Waals surface area contributed by atoms with E-state index in [2.05, 4.69) is 4.98 Å². The normalized spacial score (nSPS) is 10.6. The molecule has 2 heterocycles. The minimum absolute atomic E-state index is 0.302. The number of halogens is 1. The molecule has 2 aromatic heterocycles. The van der Waals surface area contributed by atoms with Crippen LogP contribution in [0, 0.1) is 6.92 Å². The topological polar surface area (TPSA) is 70.5 Å². The van der Waals surface area contributed by atoms with E-state index in [0.717, 1.165) is 9.88 Å². The molecule has 0 spiro atoms. The largest absolute Gasteiger partial charge is 0.480 e. The van der Waals surface area contributed by atoms with Gasteiger partial charge in [-0.15, -0.1) is 22.7 Å². The average molecular weight is 345 g/mol. The molecule has 0 atom stereocenters. The van der Waals surface area contributed by atoms with Gasteiger partial charge in [0.2, 0.25) is 0 Å². The smallest absolute Gasteiger partial charge is 0.323 e. The summed E-state index contributed by atoms with van der Waals surface area (Å²) in [5.41, 5.74) is 0.605. The van der Waals surface area contributed by atoms with E-state index in [1.54, 1.807) is 19.9 Å². The van der Waals surface area contributed by atoms with E-state index in [-0.39, 0.29) is 12.5 Å². The molecule has 0 fully saturated rings. The molecule has 0 saturated carbocycles. The number of carbonyl (C=O) groups excluding carboxylic acids is 1. The molecule has 8 heteroatoms. The lowest BCUT2D eigenvalue weighted by atomic mass is 10.3. The van der Waals surface area contributed by atoms with Crippen molar-refractivity contribution in [3.8, 4) is 9.88 Å². The molecule has 0 saturated heterocycles. The van der Waals surface area contributed by atoms with Crippen molar-refractivity contribution in [1.29, 1.82) is 0 Å². The van der Waals surface area contributed by atoms with Gasteiger partial charge in [0.15, 0.2) is 0 Å². The van der Waals surface area contributed by atoms with Gasteiger partial charge in [-0.3, -0.25) is 9.59 Å². The lowest BCUT2D eigenvalue weighted by Gasteiger charge is -2.17. The number of carbonyl (C=O) groups is 2. The Morgan fingerprint density at radius 2 is 2.10 bits per heavy atom. The third-order valence-corrected chi connectivity index (χ3v) is 5.32. The van der Waals surface area contributed by atoms with Crippen LogP contribution in [0.5, 0.6) is 0 Å². The number of aryl methyl sites for hydroxylation is 1. The first-order chi connectivity index (χ1) is 9.92. The number of likely N-dealkylation sites (N-methyl/N-ethyl adjacent to an activating group) is 1. The van der Waals surface area contributed by atoms with Gasteiger partial charge in [-0.05, 0) is 26.0 Å². The Hall–Kier alpha value is -1.44. The van der Waals surface area contributed by atoms with Crippen LogP contribution in [0.15, 0.2) is 12.1 Å². The van der Waals surface area contributed by atoms with Gasteiger partial charge in [0, 0.05) is 6.54 Å². The van der Waals surface area contributed by atoms with Crippen LogP contribution >= 0.6 is 34.3 Å². The summed E-state index contributed by atoms with van der Waals surface area (Å²) in [7, 11) is 0. The fraction of sp³-hybridized carbons (Fsp3) is 0.308. The molecular weight excluding hydrogens is 332 g/mol. The Morgan fingerprint density at radius 1 is 1.38 bits per heavy atom. The molecule has 0 aromatic carbocycles. The van der Waals surface area contributed by atoms with Gasteiger partial charge in [0.1, 0.15) is 16.4 Å². The van der Waals surface area contributed by atoms with E-state index < -0.39 is 5.97 Å². The highest BCUT2D eigenvalue weighted by atomic mass is 35.5. The molecule has 5 nitrogen and oxygen atoms in total. The standard InChI is InChI=1S/C13H13ClN2O3S2/c1-3-16(6-10(17)18)13(19)11-7(2)15-12(21-11)8-4-5-9(14)20-8/h4-5H,3,6H2,1-2H3,(H,17,18). The molecule has 0 aliphatic heterocycles. The molecule has 0 aliphatic rings. The number of carboxylic acids is 1. The fourth-order valence-electron chi connectivity index (χ4n) is 1.76. The number of thiophene rings is 1. The van der Waals surface area contributed by atoms with Gasteiger partial charge in [-0.2, -0.15) is 0 Å². The molecule has 2 rings (SSSR count). The Bertz CT molecular complexity index is 681. The van der Waals surface area contributed by atoms with Crippen LogP contribution in [0.3, 0.4) is 0 Å². The third-order valence-electron chi connectivity index (χ3n) is 2.77. The maximum atomic E-state index is 12.4. The van der Waals surface area contributed by atoms with Crippen molar-refractivity contribution in [2.45, 2.75) is 13.8 Å². The number of thiazole rings is 1. The second-order valence-electron chi connectivity index (χ2n) is 4.25. The van der Waals surface area contributed by atoms with Crippen molar-refractivity contribution < 1.29 is 14.7 Å². The molecule has 0 unspecified atom stereocenters. The lowest BCUT2D eigenvalue weighted by molar-refractivity contribution is -0.137. The predicted octanol–water partition coefficient (Wildman–Crippen LogP) is 3.38. The number of nitrogens with zero attached hydrogens (tertiary/aromatic N) is 2. The second-order valence-corrected chi connectivity index (χ2v) is 6.96. The van der Waals surface area contributed by atoms with E-state index in [0.29, 0.717) is 21.5 Å². The molecule has 0 aliphatic carbocycles. The van der Waals surface area contributed by atoms with E-state index in [4.69, 9.17) is 16.7 Å². The molecule has 1 amide bonds. The highest BCUT2D eigenvalue weighted by Gasteiger charge is 2.22. The van der Waals surface area contributed by atoms with E-state index in [1.165, 1.54) is 27.6 Å². The van der Waals surface area contributed by atoms with Gasteiger partial charge in [-0.25, -0.2) is 4.98 Å². The zero-order valence-corrected chi connectivity index (χ0v) is 13.8. The molecule has 2 aromatic rings. The number of aliphatic carboxylic acids is 1. The summed E-state index contributed by atoms with van der Waals surface area (Å²) in [6.07, 6.45) is 0. The summed E-state index contributed by atoms with van der Waals surface area (Å²) in [5, 5.41) is 9.57. The number of hydrogen-bond donors (Lipinski definition) is 1. The van der Waals surface area contributed by atoms with Crippen LogP contribution < -0.4 is 0 Å². The number of amides is 1. The maximum absolute atomic E-state index is 12.4. The zero-order chi connectivity index (χ0) is 15.6. The first kappa shape index (κ1) is 15.9. The lowest BCUT2D eigenvalue weighted by Crippen LogP contribution is -2.35. The van der Waals surface area contributed by atoms with E-state index in [1.807, 2.05) is 6.07 Å². The Labute approximate surface area is 134 Å². The van der Waals surface area contributed by atoms with E-state index in [9.17, 15) is 9.59 Å². The Morgan fingerprint density at radius 3 is 2.62 bits per heavy atom. The van der Waals surface area contributed by atoms with Crippen molar-refractivity contribution in [3.63, 3.8) is 0 Å². The quantitative estimate of drug-likeness (QED) is 0.902. The predicted molar refractivity (Wildman–Crippen MR) is 84.4 cm³/mol. The SMILES string of the molecule is CCN(CC(=O)O)C(=O)c1sc(-c2ccc(Cl)s2)nc1C. The third kappa shape index (κ3) is 3.61. The molecule has 1 N–H and O–H groups in total. The molecule has 21 heavy (non-hydrogen) atoms. The van der Waals surface area contributed by atoms with Crippen LogP contribution in [0.2, 0.25) is 4.34 Å². The second kappa shape index (κ2) is 6.55. The summed E-state index contributed by atoms with van der Waals surface area (Å²) < 4.78 is 0.659. The van der Waals surface area contributed by atoms with Crippen LogP contribution in [0.4, 0.5) is 0 Å². The first-order valence-electron chi connectivity index (χ1n) is 6.16. The van der Waals surface area contributed by atoms with Crippen molar-refractivity contribution >= 4 is 46.2 Å². The number of aromatic nitrogens is 1. The van der Waals surface area contributed by atoms with Crippen molar-refractivity contribution in [2.75, 3.05) is 13.1 Å². The van der Waals surface area contributed by atoms with Crippen LogP contribution in [0.25, 0.3) is 9.88 Å². The summed E-state index contributed by atoms with van der Waals surface area (Å²) in [6.45, 7) is 3.52. The Kier molecular flexibility index (Phi) is 4.97. The molecule has 0 bridgehead atoms. The summed E-state index contributed by atoms with van der Waals surface area (Å²) in [5.74, 6) is -1.33. The average Bonchev–Trinajstić information content (AvgIpc) is 3.01.